The molecule has 0 radical (unpaired) electrons. The summed E-state index contributed by atoms with van der Waals surface area (Å²) in [6.45, 7) is 7.25. The van der Waals surface area contributed by atoms with Crippen molar-refractivity contribution in [2.24, 2.45) is 0 Å². The Labute approximate surface area is 129 Å². The van der Waals surface area contributed by atoms with Crippen molar-refractivity contribution < 1.29 is 9.53 Å². The van der Waals surface area contributed by atoms with Crippen LogP contribution in [-0.2, 0) is 9.53 Å². The van der Waals surface area contributed by atoms with E-state index in [1.807, 2.05) is 30.3 Å². The van der Waals surface area contributed by atoms with Gasteiger partial charge in [0.25, 0.3) is 0 Å². The third-order valence-corrected chi connectivity index (χ3v) is 3.78. The first-order valence-electron chi connectivity index (χ1n) is 8.08. The van der Waals surface area contributed by atoms with Crippen LogP contribution in [0.4, 0.5) is 0 Å². The molecule has 0 aliphatic heterocycles. The summed E-state index contributed by atoms with van der Waals surface area (Å²) in [5.74, 6) is -0.330. The van der Waals surface area contributed by atoms with E-state index in [4.69, 9.17) is 4.74 Å². The van der Waals surface area contributed by atoms with Crippen LogP contribution >= 0.6 is 0 Å². The summed E-state index contributed by atoms with van der Waals surface area (Å²) in [4.78, 5) is 14.6. The summed E-state index contributed by atoms with van der Waals surface area (Å²) in [5.41, 5.74) is 1.04. The van der Waals surface area contributed by atoms with Crippen molar-refractivity contribution >= 4 is 5.97 Å². The van der Waals surface area contributed by atoms with Crippen molar-refractivity contribution in [2.45, 2.75) is 45.4 Å². The molecule has 3 nitrogen and oxygen atoms in total. The van der Waals surface area contributed by atoms with Gasteiger partial charge in [0.2, 0.25) is 0 Å². The third kappa shape index (κ3) is 6.30. The predicted octanol–water partition coefficient (Wildman–Crippen LogP) is 3.85. The third-order valence-electron chi connectivity index (χ3n) is 3.78. The topological polar surface area (TPSA) is 29.5 Å². The van der Waals surface area contributed by atoms with E-state index in [9.17, 15) is 4.79 Å². The second-order valence-electron chi connectivity index (χ2n) is 5.49. The van der Waals surface area contributed by atoms with Gasteiger partial charge in [-0.2, -0.15) is 0 Å². The molecule has 21 heavy (non-hydrogen) atoms. The predicted molar refractivity (Wildman–Crippen MR) is 87.5 cm³/mol. The number of hydrogen-bond acceptors (Lipinski definition) is 3. The Hall–Kier alpha value is -1.35. The number of methoxy groups -OCH3 is 1. The summed E-state index contributed by atoms with van der Waals surface area (Å²) in [6, 6.07) is 9.96. The molecular weight excluding hydrogens is 262 g/mol. The van der Waals surface area contributed by atoms with Crippen molar-refractivity contribution in [2.75, 3.05) is 26.7 Å². The molecule has 1 atom stereocenters. The highest BCUT2D eigenvalue weighted by molar-refractivity contribution is 5.78. The lowest BCUT2D eigenvalue weighted by molar-refractivity contribution is -0.143. The molecule has 3 heteroatoms. The van der Waals surface area contributed by atoms with Crippen LogP contribution in [0.2, 0.25) is 0 Å². The van der Waals surface area contributed by atoms with Crippen LogP contribution in [0.5, 0.6) is 0 Å². The number of carbonyl (C=O) groups excluding carboxylic acids is 1. The van der Waals surface area contributed by atoms with Crippen molar-refractivity contribution in [3.8, 4) is 0 Å². The van der Waals surface area contributed by atoms with Gasteiger partial charge in [-0.05, 0) is 31.5 Å². The maximum absolute atomic E-state index is 12.1. The van der Waals surface area contributed by atoms with E-state index in [0.717, 1.165) is 25.2 Å². The zero-order valence-corrected chi connectivity index (χ0v) is 13.7. The van der Waals surface area contributed by atoms with Crippen molar-refractivity contribution in [1.29, 1.82) is 0 Å². The summed E-state index contributed by atoms with van der Waals surface area (Å²) in [5, 5.41) is 0. The SMILES string of the molecule is CCCCN(CCCC)CC(C(=O)OC)c1ccccc1. The molecule has 1 aromatic rings. The Morgan fingerprint density at radius 2 is 1.67 bits per heavy atom. The van der Waals surface area contributed by atoms with Gasteiger partial charge in [0, 0.05) is 6.54 Å². The molecule has 0 spiro atoms. The van der Waals surface area contributed by atoms with Gasteiger partial charge >= 0.3 is 5.97 Å². The number of ether oxygens (including phenoxy) is 1. The Kier molecular flexibility index (Phi) is 8.76. The van der Waals surface area contributed by atoms with E-state index in [2.05, 4.69) is 18.7 Å². The normalized spacial score (nSPS) is 12.4. The van der Waals surface area contributed by atoms with E-state index in [1.54, 1.807) is 0 Å². The molecular formula is C18H29NO2. The zero-order chi connectivity index (χ0) is 15.5. The molecule has 0 aliphatic rings. The van der Waals surface area contributed by atoms with Crippen LogP contribution < -0.4 is 0 Å². The van der Waals surface area contributed by atoms with Gasteiger partial charge in [0.15, 0.2) is 0 Å². The highest BCUT2D eigenvalue weighted by Gasteiger charge is 2.23. The van der Waals surface area contributed by atoms with Gasteiger partial charge in [-0.15, -0.1) is 0 Å². The van der Waals surface area contributed by atoms with Crippen LogP contribution in [0, 0.1) is 0 Å². The lowest BCUT2D eigenvalue weighted by Gasteiger charge is -2.26. The standard InChI is InChI=1S/C18H29NO2/c1-4-6-13-19(14-7-5-2)15-17(18(20)21-3)16-11-9-8-10-12-16/h8-12,17H,4-7,13-15H2,1-3H3. The fraction of sp³-hybridized carbons (Fsp3) is 0.611. The Morgan fingerprint density at radius 1 is 1.10 bits per heavy atom. The Bertz CT molecular complexity index is 383. The summed E-state index contributed by atoms with van der Waals surface area (Å²) < 4.78 is 5.01. The first-order valence-corrected chi connectivity index (χ1v) is 8.08. The van der Waals surface area contributed by atoms with E-state index in [0.29, 0.717) is 0 Å². The van der Waals surface area contributed by atoms with Gasteiger partial charge in [-0.1, -0.05) is 57.0 Å². The number of hydrogen-bond donors (Lipinski definition) is 0. The quantitative estimate of drug-likeness (QED) is 0.613. The monoisotopic (exact) mass is 291 g/mol. The zero-order valence-electron chi connectivity index (χ0n) is 13.7. The molecule has 118 valence electrons. The van der Waals surface area contributed by atoms with Crippen molar-refractivity contribution in [1.82, 2.24) is 4.90 Å². The van der Waals surface area contributed by atoms with Crippen LogP contribution in [0.1, 0.15) is 51.0 Å². The molecule has 0 bridgehead atoms. The summed E-state index contributed by atoms with van der Waals surface area (Å²) >= 11 is 0. The molecule has 0 N–H and O–H groups in total. The van der Waals surface area contributed by atoms with Crippen LogP contribution in [-0.4, -0.2) is 37.6 Å². The molecule has 0 saturated heterocycles. The van der Waals surface area contributed by atoms with Gasteiger partial charge in [-0.25, -0.2) is 0 Å². The highest BCUT2D eigenvalue weighted by atomic mass is 16.5. The average Bonchev–Trinajstić information content (AvgIpc) is 2.54. The molecule has 1 rings (SSSR count). The first-order chi connectivity index (χ1) is 10.2. The van der Waals surface area contributed by atoms with Crippen LogP contribution in [0.3, 0.4) is 0 Å². The van der Waals surface area contributed by atoms with Gasteiger partial charge in [-0.3, -0.25) is 4.79 Å². The number of nitrogens with zero attached hydrogens (tertiary/aromatic N) is 1. The smallest absolute Gasteiger partial charge is 0.314 e. The molecule has 0 aliphatic carbocycles. The highest BCUT2D eigenvalue weighted by Crippen LogP contribution is 2.19. The number of rotatable bonds is 10. The average molecular weight is 291 g/mol. The summed E-state index contributed by atoms with van der Waals surface area (Å²) in [7, 11) is 1.47. The van der Waals surface area contributed by atoms with Gasteiger partial charge in [0.1, 0.15) is 0 Å². The minimum atomic E-state index is -0.190. The van der Waals surface area contributed by atoms with E-state index in [-0.39, 0.29) is 11.9 Å². The van der Waals surface area contributed by atoms with Gasteiger partial charge in [0.05, 0.1) is 13.0 Å². The lowest BCUT2D eigenvalue weighted by Crippen LogP contribution is -2.34. The Morgan fingerprint density at radius 3 is 2.14 bits per heavy atom. The largest absolute Gasteiger partial charge is 0.469 e. The van der Waals surface area contributed by atoms with Crippen LogP contribution in [0.25, 0.3) is 0 Å². The van der Waals surface area contributed by atoms with E-state index >= 15 is 0 Å². The number of benzene rings is 1. The second-order valence-corrected chi connectivity index (χ2v) is 5.49. The van der Waals surface area contributed by atoms with E-state index in [1.165, 1.54) is 32.8 Å². The van der Waals surface area contributed by atoms with Crippen molar-refractivity contribution in [3.63, 3.8) is 0 Å². The molecule has 1 unspecified atom stereocenters. The van der Waals surface area contributed by atoms with Crippen LogP contribution in [0.15, 0.2) is 30.3 Å². The minimum absolute atomic E-state index is 0.140. The molecule has 0 saturated carbocycles. The fourth-order valence-electron chi connectivity index (χ4n) is 2.46. The number of carbonyl (C=O) groups is 1. The maximum Gasteiger partial charge on any atom is 0.314 e. The lowest BCUT2D eigenvalue weighted by atomic mass is 9.98. The molecule has 0 aromatic heterocycles. The fourth-order valence-corrected chi connectivity index (χ4v) is 2.46. The van der Waals surface area contributed by atoms with Gasteiger partial charge < -0.3 is 9.64 Å². The first kappa shape index (κ1) is 17.7. The molecule has 1 aromatic carbocycles. The second kappa shape index (κ2) is 10.4. The molecule has 0 fully saturated rings. The molecule has 0 heterocycles. The molecule has 0 amide bonds. The number of esters is 1. The Balaban J connectivity index is 2.78. The maximum atomic E-state index is 12.1. The number of unbranched alkanes of at least 4 members (excludes halogenated alkanes) is 2. The minimum Gasteiger partial charge on any atom is -0.469 e. The van der Waals surface area contributed by atoms with Crippen molar-refractivity contribution in [3.05, 3.63) is 35.9 Å². The summed E-state index contributed by atoms with van der Waals surface area (Å²) in [6.07, 6.45) is 4.70. The van der Waals surface area contributed by atoms with E-state index < -0.39 is 0 Å².